The number of amides is 2. The minimum Gasteiger partial charge on any atom is -0.305 e. The van der Waals surface area contributed by atoms with E-state index in [4.69, 9.17) is 0 Å². The van der Waals surface area contributed by atoms with E-state index in [1.165, 1.54) is 24.3 Å². The normalized spacial score (nSPS) is 10.5. The molecular weight excluding hydrogens is 388 g/mol. The van der Waals surface area contributed by atoms with Crippen molar-refractivity contribution in [1.29, 1.82) is 0 Å². The average Bonchev–Trinajstić information content (AvgIpc) is 3.05. The first-order valence-corrected chi connectivity index (χ1v) is 9.06. The van der Waals surface area contributed by atoms with Crippen LogP contribution in [0.15, 0.2) is 53.7 Å². The molecule has 3 aromatic rings. The first kappa shape index (κ1) is 19.5. The number of nitrogens with zero attached hydrogens (tertiary/aromatic N) is 3. The summed E-state index contributed by atoms with van der Waals surface area (Å²) in [6.45, 7) is 0. The Morgan fingerprint density at radius 2 is 1.68 bits per heavy atom. The van der Waals surface area contributed by atoms with E-state index in [1.807, 2.05) is 0 Å². The molecule has 0 aliphatic rings. The van der Waals surface area contributed by atoms with Gasteiger partial charge in [-0.05, 0) is 24.3 Å². The summed E-state index contributed by atoms with van der Waals surface area (Å²) in [4.78, 5) is 23.8. The molecule has 1 heterocycles. The maximum absolute atomic E-state index is 13.9. The first-order chi connectivity index (χ1) is 13.5. The van der Waals surface area contributed by atoms with E-state index in [1.54, 1.807) is 29.8 Å². The number of carbonyl (C=O) groups is 2. The van der Waals surface area contributed by atoms with Gasteiger partial charge >= 0.3 is 0 Å². The molecule has 0 fully saturated rings. The summed E-state index contributed by atoms with van der Waals surface area (Å²) in [6.07, 6.45) is 0. The molecule has 1 aromatic heterocycles. The quantitative estimate of drug-likeness (QED) is 0.504. The fourth-order valence-electron chi connectivity index (χ4n) is 2.32. The lowest BCUT2D eigenvalue weighted by Crippen LogP contribution is -2.42. The van der Waals surface area contributed by atoms with Gasteiger partial charge in [0.25, 0.3) is 5.91 Å². The fourth-order valence-corrected chi connectivity index (χ4v) is 3.03. The summed E-state index contributed by atoms with van der Waals surface area (Å²) >= 11 is 1.06. The molecule has 0 saturated heterocycles. The highest BCUT2D eigenvalue weighted by molar-refractivity contribution is 7.99. The van der Waals surface area contributed by atoms with E-state index >= 15 is 0 Å². The van der Waals surface area contributed by atoms with Gasteiger partial charge in [-0.25, -0.2) is 8.78 Å². The summed E-state index contributed by atoms with van der Waals surface area (Å²) in [5, 5.41) is 8.31. The van der Waals surface area contributed by atoms with Crippen molar-refractivity contribution in [1.82, 2.24) is 25.6 Å². The van der Waals surface area contributed by atoms with Gasteiger partial charge in [0.2, 0.25) is 5.91 Å². The zero-order chi connectivity index (χ0) is 20.1. The van der Waals surface area contributed by atoms with Gasteiger partial charge < -0.3 is 4.57 Å². The van der Waals surface area contributed by atoms with Gasteiger partial charge in [-0.15, -0.1) is 10.2 Å². The standard InChI is InChI=1S/C18H15F2N5O2S/c1-25-16(11-6-2-4-8-13(11)19)22-24-18(25)28-10-15(26)21-23-17(27)12-7-3-5-9-14(12)20/h2-9H,10H2,1H3,(H,21,26)(H,23,27). The van der Waals surface area contributed by atoms with Crippen LogP contribution in [0.4, 0.5) is 8.78 Å². The molecule has 0 unspecified atom stereocenters. The second kappa shape index (κ2) is 8.61. The Bertz CT molecular complexity index is 1020. The third kappa shape index (κ3) is 4.34. The zero-order valence-electron chi connectivity index (χ0n) is 14.6. The van der Waals surface area contributed by atoms with Crippen molar-refractivity contribution in [2.75, 3.05) is 5.75 Å². The number of carbonyl (C=O) groups excluding carboxylic acids is 2. The molecule has 0 radical (unpaired) electrons. The highest BCUT2D eigenvalue weighted by atomic mass is 32.2. The van der Waals surface area contributed by atoms with E-state index in [2.05, 4.69) is 21.0 Å². The molecule has 0 spiro atoms. The molecule has 28 heavy (non-hydrogen) atoms. The molecule has 10 heteroatoms. The van der Waals surface area contributed by atoms with Crippen LogP contribution in [0.25, 0.3) is 11.4 Å². The van der Waals surface area contributed by atoms with Gasteiger partial charge in [-0.2, -0.15) is 0 Å². The van der Waals surface area contributed by atoms with Crippen molar-refractivity contribution >= 4 is 23.6 Å². The van der Waals surface area contributed by atoms with Crippen LogP contribution in [0.1, 0.15) is 10.4 Å². The van der Waals surface area contributed by atoms with Crippen molar-refractivity contribution in [2.24, 2.45) is 7.05 Å². The number of halogens is 2. The minimum atomic E-state index is -0.767. The number of thioether (sulfide) groups is 1. The predicted molar refractivity (Wildman–Crippen MR) is 99.1 cm³/mol. The summed E-state index contributed by atoms with van der Waals surface area (Å²) < 4.78 is 29.0. The summed E-state index contributed by atoms with van der Waals surface area (Å²) in [7, 11) is 1.65. The lowest BCUT2D eigenvalue weighted by atomic mass is 10.2. The van der Waals surface area contributed by atoms with E-state index in [9.17, 15) is 18.4 Å². The van der Waals surface area contributed by atoms with Crippen molar-refractivity contribution in [3.05, 3.63) is 65.7 Å². The van der Waals surface area contributed by atoms with E-state index in [0.29, 0.717) is 16.5 Å². The van der Waals surface area contributed by atoms with Crippen LogP contribution >= 0.6 is 11.8 Å². The van der Waals surface area contributed by atoms with Crippen molar-refractivity contribution < 1.29 is 18.4 Å². The fraction of sp³-hybridized carbons (Fsp3) is 0.111. The molecule has 0 saturated carbocycles. The molecule has 0 aliphatic carbocycles. The summed E-state index contributed by atoms with van der Waals surface area (Å²) in [6, 6.07) is 11.6. The highest BCUT2D eigenvalue weighted by Gasteiger charge is 2.16. The summed E-state index contributed by atoms with van der Waals surface area (Å²) in [5.41, 5.74) is 4.46. The van der Waals surface area contributed by atoms with Gasteiger partial charge in [0, 0.05) is 7.05 Å². The lowest BCUT2D eigenvalue weighted by Gasteiger charge is -2.08. The average molecular weight is 403 g/mol. The molecule has 2 aromatic carbocycles. The lowest BCUT2D eigenvalue weighted by molar-refractivity contribution is -0.119. The van der Waals surface area contributed by atoms with Gasteiger partial charge in [-0.1, -0.05) is 36.0 Å². The number of hydrogen-bond acceptors (Lipinski definition) is 5. The Labute approximate surface area is 163 Å². The van der Waals surface area contributed by atoms with E-state index < -0.39 is 23.4 Å². The Kier molecular flexibility index (Phi) is 5.99. The second-order valence-corrected chi connectivity index (χ2v) is 6.56. The van der Waals surface area contributed by atoms with Gasteiger partial charge in [0.15, 0.2) is 11.0 Å². The Hall–Kier alpha value is -3.27. The third-order valence-electron chi connectivity index (χ3n) is 3.72. The van der Waals surface area contributed by atoms with E-state index in [-0.39, 0.29) is 11.3 Å². The van der Waals surface area contributed by atoms with Crippen LogP contribution < -0.4 is 10.9 Å². The maximum Gasteiger partial charge on any atom is 0.272 e. The molecule has 3 rings (SSSR count). The van der Waals surface area contributed by atoms with E-state index in [0.717, 1.165) is 17.8 Å². The zero-order valence-corrected chi connectivity index (χ0v) is 15.5. The third-order valence-corrected chi connectivity index (χ3v) is 4.74. The van der Waals surface area contributed by atoms with Crippen LogP contribution in [0, 0.1) is 11.6 Å². The van der Waals surface area contributed by atoms with Crippen LogP contribution in [0.5, 0.6) is 0 Å². The molecule has 2 amide bonds. The molecule has 7 nitrogen and oxygen atoms in total. The Morgan fingerprint density at radius 3 is 2.39 bits per heavy atom. The largest absolute Gasteiger partial charge is 0.305 e. The Balaban J connectivity index is 1.56. The van der Waals surface area contributed by atoms with Crippen molar-refractivity contribution in [3.63, 3.8) is 0 Å². The monoisotopic (exact) mass is 403 g/mol. The molecular formula is C18H15F2N5O2S. The SMILES string of the molecule is Cn1c(SCC(=O)NNC(=O)c2ccccc2F)nnc1-c1ccccc1F. The van der Waals surface area contributed by atoms with Crippen molar-refractivity contribution in [3.8, 4) is 11.4 Å². The van der Waals surface area contributed by atoms with Crippen LogP contribution in [-0.2, 0) is 11.8 Å². The molecule has 0 bridgehead atoms. The van der Waals surface area contributed by atoms with Crippen LogP contribution in [0.2, 0.25) is 0 Å². The van der Waals surface area contributed by atoms with Gasteiger partial charge in [0.05, 0.1) is 16.9 Å². The molecule has 2 N–H and O–H groups in total. The molecule has 144 valence electrons. The topological polar surface area (TPSA) is 88.9 Å². The van der Waals surface area contributed by atoms with Gasteiger partial charge in [-0.3, -0.25) is 20.4 Å². The minimum absolute atomic E-state index is 0.0825. The number of nitrogens with one attached hydrogen (secondary N) is 2. The highest BCUT2D eigenvalue weighted by Crippen LogP contribution is 2.24. The van der Waals surface area contributed by atoms with Crippen molar-refractivity contribution in [2.45, 2.75) is 5.16 Å². The number of rotatable bonds is 5. The molecule has 0 aliphatic heterocycles. The first-order valence-electron chi connectivity index (χ1n) is 8.08. The van der Waals surface area contributed by atoms with Crippen LogP contribution in [0.3, 0.4) is 0 Å². The number of hydrogen-bond donors (Lipinski definition) is 2. The number of benzene rings is 2. The van der Waals surface area contributed by atoms with Crippen LogP contribution in [-0.4, -0.2) is 32.3 Å². The Morgan fingerprint density at radius 1 is 1.00 bits per heavy atom. The number of aromatic nitrogens is 3. The second-order valence-electron chi connectivity index (χ2n) is 5.62. The summed E-state index contributed by atoms with van der Waals surface area (Å²) in [5.74, 6) is -2.16. The molecule has 0 atom stereocenters. The van der Waals surface area contributed by atoms with Gasteiger partial charge in [0.1, 0.15) is 11.6 Å². The maximum atomic E-state index is 13.9. The number of hydrazine groups is 1. The predicted octanol–water partition coefficient (Wildman–Crippen LogP) is 2.31. The smallest absolute Gasteiger partial charge is 0.272 e.